The van der Waals surface area contributed by atoms with E-state index in [1.165, 1.54) is 16.3 Å². The Labute approximate surface area is 110 Å². The van der Waals surface area contributed by atoms with Crippen LogP contribution < -0.4 is 0 Å². The molecule has 2 rings (SSSR count). The predicted octanol–water partition coefficient (Wildman–Crippen LogP) is 4.96. The minimum absolute atomic E-state index is 0.651. The van der Waals surface area contributed by atoms with E-state index in [1.54, 1.807) is 6.42 Å². The molecule has 0 spiro atoms. The second-order valence-electron chi connectivity index (χ2n) is 3.59. The van der Waals surface area contributed by atoms with Gasteiger partial charge in [-0.05, 0) is 22.8 Å². The Kier molecular flexibility index (Phi) is 3.63. The molecule has 0 nitrogen and oxygen atoms in total. The van der Waals surface area contributed by atoms with E-state index >= 15 is 0 Å². The first-order valence-electron chi connectivity index (χ1n) is 4.94. The lowest BCUT2D eigenvalue weighted by molar-refractivity contribution is 1.09. The van der Waals surface area contributed by atoms with Crippen LogP contribution >= 0.6 is 34.8 Å². The van der Waals surface area contributed by atoms with Gasteiger partial charge in [0.15, 0.2) is 3.79 Å². The number of halogens is 3. The molecular weight excluding hydrogens is 263 g/mol. The van der Waals surface area contributed by atoms with Crippen LogP contribution in [0.5, 0.6) is 0 Å². The number of hydrogen-bond acceptors (Lipinski definition) is 0. The van der Waals surface area contributed by atoms with Crippen LogP contribution in [-0.2, 0) is 6.42 Å². The van der Waals surface area contributed by atoms with Crippen LogP contribution in [0.4, 0.5) is 0 Å². The van der Waals surface area contributed by atoms with Gasteiger partial charge in [0.25, 0.3) is 0 Å². The third-order valence-corrected chi connectivity index (χ3v) is 2.90. The third kappa shape index (κ3) is 3.04. The fourth-order valence-corrected chi connectivity index (χ4v) is 1.93. The summed E-state index contributed by atoms with van der Waals surface area (Å²) in [6.07, 6.45) is 2.33. The van der Waals surface area contributed by atoms with Crippen molar-refractivity contribution in [2.45, 2.75) is 10.2 Å². The van der Waals surface area contributed by atoms with E-state index in [9.17, 15) is 0 Å². The molecule has 0 saturated heterocycles. The SMILES string of the molecule is ClC(Cl)(Cl)[CH]Cc1cccc2ccccc12. The molecule has 0 fully saturated rings. The van der Waals surface area contributed by atoms with E-state index in [2.05, 4.69) is 24.3 Å². The quantitative estimate of drug-likeness (QED) is 0.678. The average molecular weight is 273 g/mol. The molecule has 2 aromatic rings. The molecule has 83 valence electrons. The van der Waals surface area contributed by atoms with Gasteiger partial charge in [0.2, 0.25) is 0 Å². The summed E-state index contributed by atoms with van der Waals surface area (Å²) >= 11 is 17.1. The van der Waals surface area contributed by atoms with Crippen molar-refractivity contribution in [1.29, 1.82) is 0 Å². The van der Waals surface area contributed by atoms with Gasteiger partial charge in [-0.15, -0.1) is 0 Å². The molecule has 0 aliphatic carbocycles. The summed E-state index contributed by atoms with van der Waals surface area (Å²) in [5, 5.41) is 2.41. The van der Waals surface area contributed by atoms with Gasteiger partial charge in [-0.3, -0.25) is 0 Å². The van der Waals surface area contributed by atoms with Gasteiger partial charge < -0.3 is 0 Å². The van der Waals surface area contributed by atoms with Gasteiger partial charge >= 0.3 is 0 Å². The molecule has 0 aliphatic rings. The molecule has 1 radical (unpaired) electrons. The van der Waals surface area contributed by atoms with Crippen LogP contribution in [0.15, 0.2) is 42.5 Å². The van der Waals surface area contributed by atoms with Gasteiger partial charge in [-0.2, -0.15) is 0 Å². The van der Waals surface area contributed by atoms with Crippen molar-refractivity contribution in [1.82, 2.24) is 0 Å². The van der Waals surface area contributed by atoms with E-state index in [1.807, 2.05) is 18.2 Å². The van der Waals surface area contributed by atoms with E-state index in [0.717, 1.165) is 0 Å². The molecule has 16 heavy (non-hydrogen) atoms. The monoisotopic (exact) mass is 271 g/mol. The molecule has 0 amide bonds. The van der Waals surface area contributed by atoms with Crippen LogP contribution in [-0.4, -0.2) is 3.79 Å². The normalized spacial score (nSPS) is 11.9. The number of benzene rings is 2. The zero-order chi connectivity index (χ0) is 11.6. The van der Waals surface area contributed by atoms with Gasteiger partial charge in [-0.25, -0.2) is 0 Å². The number of hydrogen-bond donors (Lipinski definition) is 0. The maximum Gasteiger partial charge on any atom is 0.194 e. The van der Waals surface area contributed by atoms with Crippen molar-refractivity contribution in [3.05, 3.63) is 54.4 Å². The van der Waals surface area contributed by atoms with Crippen molar-refractivity contribution < 1.29 is 0 Å². The molecule has 0 heterocycles. The largest absolute Gasteiger partial charge is 0.194 e. The molecule has 0 saturated carbocycles. The second kappa shape index (κ2) is 4.83. The Morgan fingerprint density at radius 3 is 2.38 bits per heavy atom. The first-order chi connectivity index (χ1) is 7.56. The van der Waals surface area contributed by atoms with E-state index < -0.39 is 3.79 Å². The third-order valence-electron chi connectivity index (χ3n) is 2.43. The van der Waals surface area contributed by atoms with Crippen molar-refractivity contribution >= 4 is 45.6 Å². The molecule has 0 bridgehead atoms. The topological polar surface area (TPSA) is 0 Å². The fourth-order valence-electron chi connectivity index (χ4n) is 1.70. The lowest BCUT2D eigenvalue weighted by Gasteiger charge is -2.11. The van der Waals surface area contributed by atoms with Gasteiger partial charge in [-0.1, -0.05) is 77.3 Å². The van der Waals surface area contributed by atoms with Gasteiger partial charge in [0.05, 0.1) is 0 Å². The van der Waals surface area contributed by atoms with Crippen molar-refractivity contribution in [3.63, 3.8) is 0 Å². The standard InChI is InChI=1S/C13H10Cl3/c14-13(15,16)9-8-11-6-3-5-10-4-1-2-7-12(10)11/h1-7,9H,8H2. The second-order valence-corrected chi connectivity index (χ2v) is 5.96. The highest BCUT2D eigenvalue weighted by Crippen LogP contribution is 2.31. The lowest BCUT2D eigenvalue weighted by atomic mass is 10.0. The van der Waals surface area contributed by atoms with Crippen molar-refractivity contribution in [2.75, 3.05) is 0 Å². The van der Waals surface area contributed by atoms with Crippen LogP contribution in [0, 0.1) is 6.42 Å². The van der Waals surface area contributed by atoms with Crippen LogP contribution in [0.3, 0.4) is 0 Å². The summed E-state index contributed by atoms with van der Waals surface area (Å²) in [5.41, 5.74) is 1.17. The van der Waals surface area contributed by atoms with Crippen molar-refractivity contribution in [3.8, 4) is 0 Å². The average Bonchev–Trinajstić information content (AvgIpc) is 2.25. The van der Waals surface area contributed by atoms with Gasteiger partial charge in [0, 0.05) is 6.42 Å². The Morgan fingerprint density at radius 2 is 1.62 bits per heavy atom. The summed E-state index contributed by atoms with van der Waals surface area (Å²) < 4.78 is -1.29. The van der Waals surface area contributed by atoms with Crippen LogP contribution in [0.25, 0.3) is 10.8 Å². The fraction of sp³-hybridized carbons (Fsp3) is 0.154. The molecule has 0 aliphatic heterocycles. The highest BCUT2D eigenvalue weighted by Gasteiger charge is 2.19. The highest BCUT2D eigenvalue weighted by molar-refractivity contribution is 6.68. The summed E-state index contributed by atoms with van der Waals surface area (Å²) in [6, 6.07) is 14.3. The minimum Gasteiger partial charge on any atom is -0.0833 e. The summed E-state index contributed by atoms with van der Waals surface area (Å²) in [4.78, 5) is 0. The van der Waals surface area contributed by atoms with Crippen LogP contribution in [0.1, 0.15) is 5.56 Å². The zero-order valence-corrected chi connectivity index (χ0v) is 10.7. The molecule has 0 N–H and O–H groups in total. The van der Waals surface area contributed by atoms with Crippen molar-refractivity contribution in [2.24, 2.45) is 0 Å². The molecule has 0 aromatic heterocycles. The Morgan fingerprint density at radius 1 is 0.938 bits per heavy atom. The van der Waals surface area contributed by atoms with E-state index in [-0.39, 0.29) is 0 Å². The maximum atomic E-state index is 5.71. The lowest BCUT2D eigenvalue weighted by Crippen LogP contribution is -2.05. The summed E-state index contributed by atoms with van der Waals surface area (Å²) in [7, 11) is 0. The molecule has 3 heteroatoms. The minimum atomic E-state index is -1.29. The Bertz CT molecular complexity index is 480. The van der Waals surface area contributed by atoms with Gasteiger partial charge in [0.1, 0.15) is 0 Å². The molecular formula is C13H10Cl3. The van der Waals surface area contributed by atoms with E-state index in [0.29, 0.717) is 6.42 Å². The Hall–Kier alpha value is -0.430. The zero-order valence-electron chi connectivity index (χ0n) is 8.46. The smallest absolute Gasteiger partial charge is 0.0833 e. The first-order valence-corrected chi connectivity index (χ1v) is 6.07. The Balaban J connectivity index is 2.30. The highest BCUT2D eigenvalue weighted by atomic mass is 35.6. The first kappa shape index (κ1) is 12.0. The van der Waals surface area contributed by atoms with E-state index in [4.69, 9.17) is 34.8 Å². The summed E-state index contributed by atoms with van der Waals surface area (Å²) in [5.74, 6) is 0. The molecule has 0 unspecified atom stereocenters. The number of rotatable bonds is 2. The predicted molar refractivity (Wildman–Crippen MR) is 72.2 cm³/mol. The molecule has 0 atom stereocenters. The number of fused-ring (bicyclic) bond motifs is 1. The summed E-state index contributed by atoms with van der Waals surface area (Å²) in [6.45, 7) is 0. The maximum absolute atomic E-state index is 5.71. The number of alkyl halides is 3. The van der Waals surface area contributed by atoms with Crippen LogP contribution in [0.2, 0.25) is 0 Å². The molecule has 2 aromatic carbocycles.